The molecule has 0 radical (unpaired) electrons. The van der Waals surface area contributed by atoms with Gasteiger partial charge in [0.2, 0.25) is 0 Å². The first-order valence-electron chi connectivity index (χ1n) is 18.8. The van der Waals surface area contributed by atoms with Crippen molar-refractivity contribution in [2.75, 3.05) is 0 Å². The molecular formula is C51H32N4O. The summed E-state index contributed by atoms with van der Waals surface area (Å²) in [5.74, 6) is 1.86. The average Bonchev–Trinajstić information content (AvgIpc) is 3.82. The van der Waals surface area contributed by atoms with Gasteiger partial charge in [0.15, 0.2) is 17.5 Å². The second kappa shape index (κ2) is 13.0. The highest BCUT2D eigenvalue weighted by molar-refractivity contribution is 6.25. The Bertz CT molecular complexity index is 3170. The van der Waals surface area contributed by atoms with E-state index in [1.807, 2.05) is 72.8 Å². The predicted molar refractivity (Wildman–Crippen MR) is 229 cm³/mol. The fraction of sp³-hybridized carbons (Fsp3) is 0. The van der Waals surface area contributed by atoms with E-state index in [4.69, 9.17) is 19.4 Å². The van der Waals surface area contributed by atoms with Crippen LogP contribution in [0.25, 0.3) is 106 Å². The van der Waals surface area contributed by atoms with E-state index in [1.54, 1.807) is 0 Å². The van der Waals surface area contributed by atoms with E-state index in [0.29, 0.717) is 17.5 Å². The van der Waals surface area contributed by atoms with Gasteiger partial charge in [-0.25, -0.2) is 15.0 Å². The van der Waals surface area contributed by atoms with Gasteiger partial charge in [-0.3, -0.25) is 0 Å². The maximum atomic E-state index is 6.61. The molecule has 0 unspecified atom stereocenters. The molecule has 0 aliphatic heterocycles. The smallest absolute Gasteiger partial charge is 0.164 e. The lowest BCUT2D eigenvalue weighted by atomic mass is 9.98. The number of rotatable bonds is 6. The normalized spacial score (nSPS) is 11.6. The summed E-state index contributed by atoms with van der Waals surface area (Å²) >= 11 is 0. The van der Waals surface area contributed by atoms with Crippen molar-refractivity contribution >= 4 is 43.7 Å². The fourth-order valence-electron chi connectivity index (χ4n) is 7.98. The summed E-state index contributed by atoms with van der Waals surface area (Å²) in [6.07, 6.45) is 0. The quantitative estimate of drug-likeness (QED) is 0.172. The number of nitrogens with zero attached hydrogens (tertiary/aromatic N) is 4. The van der Waals surface area contributed by atoms with Crippen LogP contribution in [0.2, 0.25) is 0 Å². The number of para-hydroxylation sites is 1. The Labute approximate surface area is 322 Å². The van der Waals surface area contributed by atoms with Gasteiger partial charge in [0, 0.05) is 38.5 Å². The molecule has 0 aliphatic carbocycles. The van der Waals surface area contributed by atoms with Crippen molar-refractivity contribution in [3.05, 3.63) is 194 Å². The Kier molecular flexibility index (Phi) is 7.42. The molecule has 11 rings (SSSR count). The van der Waals surface area contributed by atoms with Crippen molar-refractivity contribution in [1.29, 1.82) is 0 Å². The highest BCUT2D eigenvalue weighted by atomic mass is 16.3. The van der Waals surface area contributed by atoms with Crippen molar-refractivity contribution in [2.24, 2.45) is 0 Å². The zero-order valence-corrected chi connectivity index (χ0v) is 30.2. The molecule has 5 heteroatoms. The Hall–Kier alpha value is -7.63. The van der Waals surface area contributed by atoms with Gasteiger partial charge in [-0.1, -0.05) is 140 Å². The summed E-state index contributed by atoms with van der Waals surface area (Å²) in [4.78, 5) is 15.0. The molecule has 0 aliphatic rings. The maximum absolute atomic E-state index is 6.61. The number of hydrogen-bond acceptors (Lipinski definition) is 4. The van der Waals surface area contributed by atoms with Crippen molar-refractivity contribution in [1.82, 2.24) is 19.5 Å². The molecular weight excluding hydrogens is 685 g/mol. The van der Waals surface area contributed by atoms with Crippen molar-refractivity contribution in [3.63, 3.8) is 0 Å². The maximum Gasteiger partial charge on any atom is 0.164 e. The van der Waals surface area contributed by atoms with Crippen molar-refractivity contribution < 1.29 is 4.42 Å². The minimum atomic E-state index is 0.604. The molecule has 262 valence electrons. The SMILES string of the molecule is c1ccc(-c2cccc(-c3ccc4c5ccc6oc7ccc(-c8nc(-c9ccccc9)nc(-c9ccccc9)n8)cc7c6c5n(-c5ccccc5)c4c3)c2)cc1. The highest BCUT2D eigenvalue weighted by Gasteiger charge is 2.21. The summed E-state index contributed by atoms with van der Waals surface area (Å²) in [7, 11) is 0. The number of benzene rings is 8. The van der Waals surface area contributed by atoms with Crippen LogP contribution in [0, 0.1) is 0 Å². The third-order valence-electron chi connectivity index (χ3n) is 10.6. The molecule has 11 aromatic rings. The standard InChI is InChI=1S/C51H32N4O/c1-5-14-33(15-6-1)36-20-13-21-37(30-36)38-24-26-41-42-27-29-46-47(48(42)55(44(41)32-38)40-22-11-4-12-23-40)43-31-39(25-28-45(43)56-46)51-53-49(34-16-7-2-8-17-34)52-50(54-51)35-18-9-3-10-19-35/h1-32H. The first-order valence-corrected chi connectivity index (χ1v) is 18.8. The molecule has 0 N–H and O–H groups in total. The molecule has 3 heterocycles. The van der Waals surface area contributed by atoms with E-state index >= 15 is 0 Å². The topological polar surface area (TPSA) is 56.7 Å². The monoisotopic (exact) mass is 716 g/mol. The highest BCUT2D eigenvalue weighted by Crippen LogP contribution is 2.43. The summed E-state index contributed by atoms with van der Waals surface area (Å²) in [5, 5.41) is 4.39. The van der Waals surface area contributed by atoms with Crippen LogP contribution in [0.15, 0.2) is 199 Å². The molecule has 0 atom stereocenters. The van der Waals surface area contributed by atoms with Crippen LogP contribution in [0.4, 0.5) is 0 Å². The number of fused-ring (bicyclic) bond motifs is 7. The molecule has 8 aromatic carbocycles. The molecule has 0 fully saturated rings. The number of hydrogen-bond donors (Lipinski definition) is 0. The van der Waals surface area contributed by atoms with E-state index in [9.17, 15) is 0 Å². The van der Waals surface area contributed by atoms with Crippen molar-refractivity contribution in [3.8, 4) is 62.1 Å². The molecule has 0 amide bonds. The van der Waals surface area contributed by atoms with Crippen molar-refractivity contribution in [2.45, 2.75) is 0 Å². The van der Waals surface area contributed by atoms with Gasteiger partial charge in [0.25, 0.3) is 0 Å². The lowest BCUT2D eigenvalue weighted by Gasteiger charge is -2.10. The Morgan fingerprint density at radius 3 is 1.50 bits per heavy atom. The minimum absolute atomic E-state index is 0.604. The number of aromatic nitrogens is 4. The molecule has 5 nitrogen and oxygen atoms in total. The molecule has 3 aromatic heterocycles. The summed E-state index contributed by atoms with van der Waals surface area (Å²) in [6, 6.07) is 67.5. The van der Waals surface area contributed by atoms with Crippen LogP contribution >= 0.6 is 0 Å². The van der Waals surface area contributed by atoms with E-state index in [1.165, 1.54) is 22.1 Å². The van der Waals surface area contributed by atoms with Gasteiger partial charge < -0.3 is 8.98 Å². The Morgan fingerprint density at radius 2 is 0.839 bits per heavy atom. The van der Waals surface area contributed by atoms with Crippen LogP contribution in [0.5, 0.6) is 0 Å². The van der Waals surface area contributed by atoms with Crippen LogP contribution in [0.3, 0.4) is 0 Å². The summed E-state index contributed by atoms with van der Waals surface area (Å²) in [6.45, 7) is 0. The second-order valence-electron chi connectivity index (χ2n) is 14.0. The second-order valence-corrected chi connectivity index (χ2v) is 14.0. The van der Waals surface area contributed by atoms with E-state index < -0.39 is 0 Å². The average molecular weight is 717 g/mol. The third-order valence-corrected chi connectivity index (χ3v) is 10.6. The minimum Gasteiger partial charge on any atom is -0.456 e. The fourth-order valence-corrected chi connectivity index (χ4v) is 7.98. The van der Waals surface area contributed by atoms with Crippen LogP contribution in [-0.4, -0.2) is 19.5 Å². The lowest BCUT2D eigenvalue weighted by Crippen LogP contribution is -2.00. The van der Waals surface area contributed by atoms with Gasteiger partial charge in [-0.05, 0) is 76.9 Å². The van der Waals surface area contributed by atoms with Crippen LogP contribution in [0.1, 0.15) is 0 Å². The molecule has 0 bridgehead atoms. The predicted octanol–water partition coefficient (Wildman–Crippen LogP) is 13.2. The number of furan rings is 1. The van der Waals surface area contributed by atoms with Gasteiger partial charge >= 0.3 is 0 Å². The molecule has 0 saturated carbocycles. The van der Waals surface area contributed by atoms with E-state index in [2.05, 4.69) is 126 Å². The molecule has 0 saturated heterocycles. The third kappa shape index (κ3) is 5.37. The zero-order chi connectivity index (χ0) is 37.0. The molecule has 0 spiro atoms. The van der Waals surface area contributed by atoms with Crippen LogP contribution in [-0.2, 0) is 0 Å². The van der Waals surface area contributed by atoms with Gasteiger partial charge in [0.05, 0.1) is 16.4 Å². The summed E-state index contributed by atoms with van der Waals surface area (Å²) in [5.41, 5.74) is 12.4. The Morgan fingerprint density at radius 1 is 0.339 bits per heavy atom. The van der Waals surface area contributed by atoms with Gasteiger partial charge in [-0.15, -0.1) is 0 Å². The summed E-state index contributed by atoms with van der Waals surface area (Å²) < 4.78 is 9.00. The largest absolute Gasteiger partial charge is 0.456 e. The zero-order valence-electron chi connectivity index (χ0n) is 30.2. The van der Waals surface area contributed by atoms with E-state index in [-0.39, 0.29) is 0 Å². The van der Waals surface area contributed by atoms with Gasteiger partial charge in [0.1, 0.15) is 11.2 Å². The van der Waals surface area contributed by atoms with E-state index in [0.717, 1.165) is 66.3 Å². The molecule has 56 heavy (non-hydrogen) atoms. The van der Waals surface area contributed by atoms with Crippen LogP contribution < -0.4 is 0 Å². The first kappa shape index (κ1) is 31.9. The lowest BCUT2D eigenvalue weighted by molar-refractivity contribution is 0.669. The first-order chi connectivity index (χ1) is 27.7. The Balaban J connectivity index is 1.15. The van der Waals surface area contributed by atoms with Gasteiger partial charge in [-0.2, -0.15) is 0 Å².